The van der Waals surface area contributed by atoms with Gasteiger partial charge in [0, 0.05) is 31.3 Å². The van der Waals surface area contributed by atoms with Gasteiger partial charge in [-0.25, -0.2) is 14.6 Å². The Morgan fingerprint density at radius 1 is 1.27 bits per heavy atom. The lowest BCUT2D eigenvalue weighted by Gasteiger charge is -2.08. The molecule has 3 heterocycles. The van der Waals surface area contributed by atoms with Gasteiger partial charge in [-0.15, -0.1) is 0 Å². The number of nitrogens with zero attached hydrogens (tertiary/aromatic N) is 5. The molecule has 7 heteroatoms. The van der Waals surface area contributed by atoms with Crippen molar-refractivity contribution in [2.75, 3.05) is 5.32 Å². The van der Waals surface area contributed by atoms with Gasteiger partial charge in [-0.3, -0.25) is 0 Å². The van der Waals surface area contributed by atoms with Crippen LogP contribution in [-0.2, 0) is 6.54 Å². The molecule has 0 aliphatic rings. The smallest absolute Gasteiger partial charge is 0.153 e. The molecule has 108 valence electrons. The number of aromatic nitrogens is 4. The van der Waals surface area contributed by atoms with E-state index in [1.165, 1.54) is 6.20 Å². The molecule has 0 amide bonds. The predicted molar refractivity (Wildman–Crippen MR) is 82.6 cm³/mol. The number of pyridine rings is 2. The highest BCUT2D eigenvalue weighted by molar-refractivity contribution is 6.33. The van der Waals surface area contributed by atoms with E-state index in [0.717, 1.165) is 11.4 Å². The van der Waals surface area contributed by atoms with E-state index in [1.807, 2.05) is 30.5 Å². The molecule has 3 aromatic rings. The van der Waals surface area contributed by atoms with Crippen molar-refractivity contribution in [3.8, 4) is 11.9 Å². The Morgan fingerprint density at radius 3 is 2.82 bits per heavy atom. The second-order valence-corrected chi connectivity index (χ2v) is 4.90. The second-order valence-electron chi connectivity index (χ2n) is 4.50. The molecule has 0 aliphatic heterocycles. The van der Waals surface area contributed by atoms with Crippen molar-refractivity contribution in [1.82, 2.24) is 19.7 Å². The summed E-state index contributed by atoms with van der Waals surface area (Å²) in [4.78, 5) is 8.47. The third kappa shape index (κ3) is 3.05. The summed E-state index contributed by atoms with van der Waals surface area (Å²) in [5.41, 5.74) is 1.42. The summed E-state index contributed by atoms with van der Waals surface area (Å²) >= 11 is 6.06. The Morgan fingerprint density at radius 2 is 2.18 bits per heavy atom. The topological polar surface area (TPSA) is 79.4 Å². The first kappa shape index (κ1) is 14.0. The Bertz CT molecular complexity index is 805. The number of anilines is 1. The first-order chi connectivity index (χ1) is 10.8. The Hall–Kier alpha value is -2.91. The van der Waals surface area contributed by atoms with Gasteiger partial charge in [-0.2, -0.15) is 10.4 Å². The lowest BCUT2D eigenvalue weighted by molar-refractivity contribution is 0.843. The van der Waals surface area contributed by atoms with Gasteiger partial charge in [0.05, 0.1) is 10.6 Å². The van der Waals surface area contributed by atoms with Crippen LogP contribution in [0.15, 0.2) is 49.1 Å². The number of hydrogen-bond acceptors (Lipinski definition) is 5. The molecule has 3 rings (SSSR count). The molecule has 0 saturated carbocycles. The molecular weight excluding hydrogens is 300 g/mol. The average Bonchev–Trinajstić information content (AvgIpc) is 3.08. The van der Waals surface area contributed by atoms with Crippen LogP contribution in [-0.4, -0.2) is 19.7 Å². The van der Waals surface area contributed by atoms with Crippen LogP contribution in [0.3, 0.4) is 0 Å². The molecular formula is C15H11ClN6. The summed E-state index contributed by atoms with van der Waals surface area (Å²) in [6.45, 7) is 0.533. The number of rotatable bonds is 4. The molecule has 0 saturated heterocycles. The van der Waals surface area contributed by atoms with Crippen LogP contribution in [0.25, 0.3) is 5.82 Å². The normalized spacial score (nSPS) is 10.2. The van der Waals surface area contributed by atoms with E-state index in [9.17, 15) is 0 Å². The second kappa shape index (κ2) is 6.24. The van der Waals surface area contributed by atoms with Gasteiger partial charge in [-0.1, -0.05) is 17.7 Å². The van der Waals surface area contributed by atoms with Crippen molar-refractivity contribution in [2.24, 2.45) is 0 Å². The Balaban J connectivity index is 1.68. The van der Waals surface area contributed by atoms with Crippen LogP contribution in [0, 0.1) is 11.3 Å². The van der Waals surface area contributed by atoms with Crippen molar-refractivity contribution in [2.45, 2.75) is 6.54 Å². The molecule has 0 atom stereocenters. The minimum absolute atomic E-state index is 0.417. The fourth-order valence-corrected chi connectivity index (χ4v) is 2.11. The molecule has 0 aliphatic carbocycles. The maximum atomic E-state index is 8.78. The third-order valence-electron chi connectivity index (χ3n) is 2.98. The number of hydrogen-bond donors (Lipinski definition) is 1. The first-order valence-electron chi connectivity index (χ1n) is 6.51. The third-order valence-corrected chi connectivity index (χ3v) is 3.27. The molecule has 1 N–H and O–H groups in total. The molecule has 3 aromatic heterocycles. The van der Waals surface area contributed by atoms with Gasteiger partial charge in [-0.05, 0) is 23.8 Å². The molecule has 0 unspecified atom stereocenters. The summed E-state index contributed by atoms with van der Waals surface area (Å²) in [5, 5.41) is 16.4. The van der Waals surface area contributed by atoms with Crippen LogP contribution >= 0.6 is 11.6 Å². The van der Waals surface area contributed by atoms with E-state index >= 15 is 0 Å². The summed E-state index contributed by atoms with van der Waals surface area (Å²) in [6.07, 6.45) is 6.78. The van der Waals surface area contributed by atoms with E-state index in [0.29, 0.717) is 22.9 Å². The quantitative estimate of drug-likeness (QED) is 0.801. The monoisotopic (exact) mass is 310 g/mol. The standard InChI is InChI=1S/C15H11ClN6/c16-13-6-12(7-17)10-20-15(13)19-9-11-2-3-14(18-8-11)22-5-1-4-21-22/h1-6,8,10H,9H2,(H,19,20). The maximum Gasteiger partial charge on any atom is 0.153 e. The van der Waals surface area contributed by atoms with Crippen LogP contribution in [0.1, 0.15) is 11.1 Å². The van der Waals surface area contributed by atoms with Crippen molar-refractivity contribution < 1.29 is 0 Å². The molecule has 0 fully saturated rings. The highest BCUT2D eigenvalue weighted by Crippen LogP contribution is 2.20. The van der Waals surface area contributed by atoms with Gasteiger partial charge < -0.3 is 5.32 Å². The Kier molecular flexibility index (Phi) is 3.99. The molecule has 6 nitrogen and oxygen atoms in total. The van der Waals surface area contributed by atoms with Crippen LogP contribution in [0.5, 0.6) is 0 Å². The lowest BCUT2D eigenvalue weighted by atomic mass is 10.2. The summed E-state index contributed by atoms with van der Waals surface area (Å²) in [6, 6.07) is 9.26. The van der Waals surface area contributed by atoms with E-state index in [2.05, 4.69) is 20.4 Å². The van der Waals surface area contributed by atoms with Gasteiger partial charge >= 0.3 is 0 Å². The van der Waals surface area contributed by atoms with Gasteiger partial charge in [0.15, 0.2) is 5.82 Å². The predicted octanol–water partition coefficient (Wildman–Crippen LogP) is 2.80. The largest absolute Gasteiger partial charge is 0.365 e. The SMILES string of the molecule is N#Cc1cnc(NCc2ccc(-n3cccn3)nc2)c(Cl)c1. The average molecular weight is 311 g/mol. The number of nitrogens with one attached hydrogen (secondary N) is 1. The molecule has 0 bridgehead atoms. The maximum absolute atomic E-state index is 8.78. The number of halogens is 1. The zero-order valence-electron chi connectivity index (χ0n) is 11.4. The van der Waals surface area contributed by atoms with E-state index < -0.39 is 0 Å². The van der Waals surface area contributed by atoms with Crippen molar-refractivity contribution in [1.29, 1.82) is 5.26 Å². The molecule has 0 radical (unpaired) electrons. The van der Waals surface area contributed by atoms with Gasteiger partial charge in [0.1, 0.15) is 11.9 Å². The first-order valence-corrected chi connectivity index (χ1v) is 6.88. The van der Waals surface area contributed by atoms with E-state index in [4.69, 9.17) is 16.9 Å². The van der Waals surface area contributed by atoms with Crippen molar-refractivity contribution in [3.05, 3.63) is 65.2 Å². The highest BCUT2D eigenvalue weighted by atomic mass is 35.5. The fraction of sp³-hybridized carbons (Fsp3) is 0.0667. The molecule has 0 aromatic carbocycles. The van der Waals surface area contributed by atoms with Gasteiger partial charge in [0.2, 0.25) is 0 Å². The lowest BCUT2D eigenvalue weighted by Crippen LogP contribution is -2.04. The Labute approximate surface area is 132 Å². The zero-order chi connectivity index (χ0) is 15.4. The summed E-state index contributed by atoms with van der Waals surface area (Å²) in [5.74, 6) is 1.29. The molecule has 0 spiro atoms. The van der Waals surface area contributed by atoms with E-state index in [-0.39, 0.29) is 0 Å². The van der Waals surface area contributed by atoms with Gasteiger partial charge in [0.25, 0.3) is 0 Å². The zero-order valence-corrected chi connectivity index (χ0v) is 12.2. The van der Waals surface area contributed by atoms with E-state index in [1.54, 1.807) is 23.1 Å². The highest BCUT2D eigenvalue weighted by Gasteiger charge is 2.04. The van der Waals surface area contributed by atoms with Crippen LogP contribution in [0.4, 0.5) is 5.82 Å². The van der Waals surface area contributed by atoms with Crippen molar-refractivity contribution in [3.63, 3.8) is 0 Å². The van der Waals surface area contributed by atoms with Crippen molar-refractivity contribution >= 4 is 17.4 Å². The van der Waals surface area contributed by atoms with Crippen LogP contribution < -0.4 is 5.32 Å². The minimum atomic E-state index is 0.417. The minimum Gasteiger partial charge on any atom is -0.365 e. The summed E-state index contributed by atoms with van der Waals surface area (Å²) < 4.78 is 1.69. The summed E-state index contributed by atoms with van der Waals surface area (Å²) in [7, 11) is 0. The molecule has 22 heavy (non-hydrogen) atoms. The number of nitriles is 1. The van der Waals surface area contributed by atoms with Crippen LogP contribution in [0.2, 0.25) is 5.02 Å². The fourth-order valence-electron chi connectivity index (χ4n) is 1.88.